The van der Waals surface area contributed by atoms with E-state index in [2.05, 4.69) is 10.3 Å². The molecule has 2 heterocycles. The Hall–Kier alpha value is -2.08. The van der Waals surface area contributed by atoms with Crippen molar-refractivity contribution < 1.29 is 14.3 Å². The lowest BCUT2D eigenvalue weighted by molar-refractivity contribution is -0.120. The highest BCUT2D eigenvalue weighted by Crippen LogP contribution is 2.32. The van der Waals surface area contributed by atoms with Gasteiger partial charge in [0.15, 0.2) is 11.5 Å². The normalized spacial score (nSPS) is 12.4. The molecule has 6 heteroatoms. The van der Waals surface area contributed by atoms with Crippen LogP contribution in [0.1, 0.15) is 16.1 Å². The number of hydrogen-bond acceptors (Lipinski definition) is 5. The van der Waals surface area contributed by atoms with Gasteiger partial charge in [0.1, 0.15) is 0 Å². The Bertz CT molecular complexity index is 639. The Kier molecular flexibility index (Phi) is 3.56. The fourth-order valence-corrected chi connectivity index (χ4v) is 2.73. The summed E-state index contributed by atoms with van der Waals surface area (Å²) < 4.78 is 10.6. The molecular weight excluding hydrogens is 276 g/mol. The van der Waals surface area contributed by atoms with Crippen LogP contribution in [0.25, 0.3) is 0 Å². The van der Waals surface area contributed by atoms with Crippen molar-refractivity contribution in [3.8, 4) is 11.5 Å². The number of ether oxygens (including phenoxy) is 2. The molecule has 0 aliphatic carbocycles. The molecule has 0 radical (unpaired) electrons. The molecule has 20 heavy (non-hydrogen) atoms. The number of aromatic nitrogens is 1. The first kappa shape index (κ1) is 12.9. The number of carbonyl (C=O) groups excluding carboxylic acids is 1. The molecule has 0 bridgehead atoms. The third kappa shape index (κ3) is 2.75. The Morgan fingerprint density at radius 2 is 2.25 bits per heavy atom. The molecule has 3 rings (SSSR count). The zero-order chi connectivity index (χ0) is 13.9. The second-order valence-corrected chi connectivity index (χ2v) is 5.44. The number of aryl methyl sites for hydroxylation is 1. The fraction of sp³-hybridized carbons (Fsp3) is 0.286. The van der Waals surface area contributed by atoms with E-state index in [0.29, 0.717) is 13.0 Å². The van der Waals surface area contributed by atoms with Crippen molar-refractivity contribution in [3.05, 3.63) is 39.8 Å². The fourth-order valence-electron chi connectivity index (χ4n) is 1.96. The first-order chi connectivity index (χ1) is 9.72. The number of fused-ring (bicyclic) bond motifs is 1. The van der Waals surface area contributed by atoms with Crippen LogP contribution >= 0.6 is 11.3 Å². The molecule has 0 saturated heterocycles. The predicted octanol–water partition coefficient (Wildman–Crippen LogP) is 2.04. The van der Waals surface area contributed by atoms with Crippen LogP contribution in [0.15, 0.2) is 23.7 Å². The Balaban J connectivity index is 1.57. The largest absolute Gasteiger partial charge is 0.454 e. The minimum atomic E-state index is -0.00461. The van der Waals surface area contributed by atoms with Crippen LogP contribution in [0.2, 0.25) is 0 Å². The monoisotopic (exact) mass is 290 g/mol. The second kappa shape index (κ2) is 5.50. The Morgan fingerprint density at radius 3 is 3.05 bits per heavy atom. The summed E-state index contributed by atoms with van der Waals surface area (Å²) in [4.78, 5) is 17.0. The van der Waals surface area contributed by atoms with Crippen LogP contribution in [0.4, 0.5) is 0 Å². The Labute approximate surface area is 120 Å². The lowest BCUT2D eigenvalue weighted by atomic mass is 10.2. The van der Waals surface area contributed by atoms with E-state index in [1.54, 1.807) is 5.51 Å². The Morgan fingerprint density at radius 1 is 1.40 bits per heavy atom. The van der Waals surface area contributed by atoms with Gasteiger partial charge in [0.05, 0.1) is 17.6 Å². The average Bonchev–Trinajstić information content (AvgIpc) is 3.05. The van der Waals surface area contributed by atoms with E-state index in [1.165, 1.54) is 11.3 Å². The van der Waals surface area contributed by atoms with E-state index < -0.39 is 0 Å². The number of rotatable bonds is 4. The summed E-state index contributed by atoms with van der Waals surface area (Å²) in [7, 11) is 0. The van der Waals surface area contributed by atoms with Crippen LogP contribution in [0, 0.1) is 6.92 Å². The van der Waals surface area contributed by atoms with Gasteiger partial charge in [-0.1, -0.05) is 6.07 Å². The lowest BCUT2D eigenvalue weighted by Crippen LogP contribution is -2.24. The van der Waals surface area contributed by atoms with Crippen LogP contribution in [0.3, 0.4) is 0 Å². The lowest BCUT2D eigenvalue weighted by Gasteiger charge is -2.06. The topological polar surface area (TPSA) is 60.5 Å². The average molecular weight is 290 g/mol. The third-order valence-corrected chi connectivity index (χ3v) is 4.03. The zero-order valence-corrected chi connectivity index (χ0v) is 11.8. The van der Waals surface area contributed by atoms with Gasteiger partial charge in [0.25, 0.3) is 0 Å². The van der Waals surface area contributed by atoms with Crippen LogP contribution < -0.4 is 14.8 Å². The SMILES string of the molecule is Cc1ncsc1CC(=O)NCc1ccc2c(c1)OCO2. The van der Waals surface area contributed by atoms with Gasteiger partial charge in [-0.3, -0.25) is 4.79 Å². The van der Waals surface area contributed by atoms with Crippen molar-refractivity contribution in [2.24, 2.45) is 0 Å². The van der Waals surface area contributed by atoms with Gasteiger partial charge in [-0.25, -0.2) is 4.98 Å². The van der Waals surface area contributed by atoms with Gasteiger partial charge < -0.3 is 14.8 Å². The smallest absolute Gasteiger partial charge is 0.231 e. The highest BCUT2D eigenvalue weighted by Gasteiger charge is 2.13. The minimum Gasteiger partial charge on any atom is -0.454 e. The molecule has 1 aliphatic rings. The van der Waals surface area contributed by atoms with Crippen molar-refractivity contribution >= 4 is 17.2 Å². The maximum absolute atomic E-state index is 11.9. The van der Waals surface area contributed by atoms with Crippen molar-refractivity contribution in [2.45, 2.75) is 19.9 Å². The molecule has 1 aromatic heterocycles. The summed E-state index contributed by atoms with van der Waals surface area (Å²) in [6.07, 6.45) is 0.376. The molecule has 5 nitrogen and oxygen atoms in total. The van der Waals surface area contributed by atoms with Gasteiger partial charge >= 0.3 is 0 Å². The molecule has 0 unspecified atom stereocenters. The molecule has 2 aromatic rings. The molecule has 1 amide bonds. The molecule has 1 N–H and O–H groups in total. The highest BCUT2D eigenvalue weighted by molar-refractivity contribution is 7.09. The zero-order valence-electron chi connectivity index (χ0n) is 11.0. The predicted molar refractivity (Wildman–Crippen MR) is 75.0 cm³/mol. The molecule has 1 aromatic carbocycles. The number of amides is 1. The first-order valence-electron chi connectivity index (χ1n) is 6.26. The van der Waals surface area contributed by atoms with Crippen LogP contribution in [-0.4, -0.2) is 17.7 Å². The quantitative estimate of drug-likeness (QED) is 0.936. The maximum Gasteiger partial charge on any atom is 0.231 e. The van der Waals surface area contributed by atoms with E-state index in [-0.39, 0.29) is 12.7 Å². The molecule has 0 spiro atoms. The van der Waals surface area contributed by atoms with Gasteiger partial charge in [-0.2, -0.15) is 0 Å². The molecule has 104 valence electrons. The highest BCUT2D eigenvalue weighted by atomic mass is 32.1. The summed E-state index contributed by atoms with van der Waals surface area (Å²) in [5.74, 6) is 1.48. The summed E-state index contributed by atoms with van der Waals surface area (Å²) in [6.45, 7) is 2.65. The number of nitrogens with zero attached hydrogens (tertiary/aromatic N) is 1. The molecule has 0 fully saturated rings. The van der Waals surface area contributed by atoms with Gasteiger partial charge in [-0.15, -0.1) is 11.3 Å². The van der Waals surface area contributed by atoms with Gasteiger partial charge in [0.2, 0.25) is 12.7 Å². The number of thiazole rings is 1. The van der Waals surface area contributed by atoms with E-state index in [4.69, 9.17) is 9.47 Å². The molecule has 0 saturated carbocycles. The first-order valence-corrected chi connectivity index (χ1v) is 7.14. The van der Waals surface area contributed by atoms with E-state index in [1.807, 2.05) is 25.1 Å². The van der Waals surface area contributed by atoms with E-state index >= 15 is 0 Å². The minimum absolute atomic E-state index is 0.00461. The number of nitrogens with one attached hydrogen (secondary N) is 1. The van der Waals surface area contributed by atoms with Crippen molar-refractivity contribution in [2.75, 3.05) is 6.79 Å². The van der Waals surface area contributed by atoms with Crippen LogP contribution in [0.5, 0.6) is 11.5 Å². The summed E-state index contributed by atoms with van der Waals surface area (Å²) in [5.41, 5.74) is 3.67. The standard InChI is InChI=1S/C14H14N2O3S/c1-9-13(20-7-16-9)5-14(17)15-6-10-2-3-11-12(4-10)19-8-18-11/h2-4,7H,5-6,8H2,1H3,(H,15,17). The molecular formula is C14H14N2O3S. The second-order valence-electron chi connectivity index (χ2n) is 4.50. The summed E-state index contributed by atoms with van der Waals surface area (Å²) in [6, 6.07) is 5.67. The number of hydrogen-bond donors (Lipinski definition) is 1. The summed E-state index contributed by atoms with van der Waals surface area (Å²) >= 11 is 1.51. The third-order valence-electron chi connectivity index (χ3n) is 3.09. The van der Waals surface area contributed by atoms with Crippen molar-refractivity contribution in [3.63, 3.8) is 0 Å². The van der Waals surface area contributed by atoms with Gasteiger partial charge in [0, 0.05) is 11.4 Å². The maximum atomic E-state index is 11.9. The van der Waals surface area contributed by atoms with Crippen molar-refractivity contribution in [1.82, 2.24) is 10.3 Å². The van der Waals surface area contributed by atoms with E-state index in [9.17, 15) is 4.79 Å². The number of benzene rings is 1. The van der Waals surface area contributed by atoms with Crippen molar-refractivity contribution in [1.29, 1.82) is 0 Å². The molecule has 1 aliphatic heterocycles. The molecule has 0 atom stereocenters. The number of carbonyl (C=O) groups is 1. The van der Waals surface area contributed by atoms with E-state index in [0.717, 1.165) is 27.6 Å². The van der Waals surface area contributed by atoms with Gasteiger partial charge in [-0.05, 0) is 24.6 Å². The summed E-state index contributed by atoms with van der Waals surface area (Å²) in [5, 5.41) is 2.90. The van der Waals surface area contributed by atoms with Crippen LogP contribution in [-0.2, 0) is 17.8 Å².